The number of para-hydroxylation sites is 1. The summed E-state index contributed by atoms with van der Waals surface area (Å²) in [7, 11) is 0. The molecule has 0 aliphatic heterocycles. The first-order valence-corrected chi connectivity index (χ1v) is 10.8. The Hall–Kier alpha value is -4.17. The number of furan rings is 1. The Morgan fingerprint density at radius 3 is 2.45 bits per heavy atom. The average Bonchev–Trinajstić information content (AvgIpc) is 3.31. The second-order valence-electron chi connectivity index (χ2n) is 7.99. The van der Waals surface area contributed by atoms with Gasteiger partial charge in [-0.05, 0) is 65.8 Å². The average molecular weight is 431 g/mol. The van der Waals surface area contributed by atoms with Crippen LogP contribution in [0.5, 0.6) is 0 Å². The van der Waals surface area contributed by atoms with Gasteiger partial charge in [0.05, 0.1) is 5.69 Å². The quantitative estimate of drug-likeness (QED) is 0.282. The van der Waals surface area contributed by atoms with E-state index in [1.807, 2.05) is 66.7 Å². The summed E-state index contributed by atoms with van der Waals surface area (Å²) in [5, 5.41) is 1.90. The van der Waals surface area contributed by atoms with E-state index in [0.717, 1.165) is 27.5 Å². The fourth-order valence-corrected chi connectivity index (χ4v) is 4.19. The molecule has 4 aromatic carbocycles. The van der Waals surface area contributed by atoms with Crippen molar-refractivity contribution < 1.29 is 11.3 Å². The Balaban J connectivity index is 1.43. The number of pyridine rings is 1. The molecule has 6 aromatic rings. The highest BCUT2D eigenvalue weighted by molar-refractivity contribution is 6.10. The summed E-state index contributed by atoms with van der Waals surface area (Å²) in [5.74, 6) is 0. The molecule has 2 heterocycles. The van der Waals surface area contributed by atoms with Crippen LogP contribution in [-0.4, -0.2) is 4.98 Å². The Morgan fingerprint density at radius 2 is 1.61 bits per heavy atom. The molecule has 0 unspecified atom stereocenters. The molecule has 0 aliphatic carbocycles. The van der Waals surface area contributed by atoms with Crippen molar-refractivity contribution in [2.45, 2.75) is 13.2 Å². The van der Waals surface area contributed by atoms with Crippen LogP contribution in [0, 0.1) is 6.85 Å². The minimum atomic E-state index is -2.14. The maximum absolute atomic E-state index is 8.76. The smallest absolute Gasteiger partial charge is 0.144 e. The van der Waals surface area contributed by atoms with E-state index in [1.54, 1.807) is 42.6 Å². The maximum Gasteiger partial charge on any atom is 0.144 e. The van der Waals surface area contributed by atoms with Crippen molar-refractivity contribution in [1.29, 1.82) is 0 Å². The van der Waals surface area contributed by atoms with Crippen molar-refractivity contribution in [3.63, 3.8) is 0 Å². The maximum atomic E-state index is 8.76. The van der Waals surface area contributed by atoms with Crippen molar-refractivity contribution in [1.82, 2.24) is 4.98 Å². The zero-order valence-corrected chi connectivity index (χ0v) is 17.7. The number of fused-ring (bicyclic) bond motifs is 3. The van der Waals surface area contributed by atoms with Gasteiger partial charge in [0.15, 0.2) is 0 Å². The van der Waals surface area contributed by atoms with Crippen molar-refractivity contribution >= 4 is 21.9 Å². The third kappa shape index (κ3) is 3.70. The van der Waals surface area contributed by atoms with Crippen LogP contribution < -0.4 is 0 Å². The molecule has 0 atom stereocenters. The highest BCUT2D eigenvalue weighted by Crippen LogP contribution is 2.37. The molecule has 0 aliphatic rings. The lowest BCUT2D eigenvalue weighted by Gasteiger charge is -2.06. The summed E-state index contributed by atoms with van der Waals surface area (Å²) >= 11 is 0. The molecule has 0 radical (unpaired) electrons. The second-order valence-corrected chi connectivity index (χ2v) is 7.99. The minimum Gasteiger partial charge on any atom is -0.455 e. The van der Waals surface area contributed by atoms with Gasteiger partial charge in [0.2, 0.25) is 0 Å². The molecule has 0 saturated heterocycles. The normalized spacial score (nSPS) is 14.4. The van der Waals surface area contributed by atoms with E-state index < -0.39 is 13.2 Å². The van der Waals surface area contributed by atoms with Gasteiger partial charge < -0.3 is 4.42 Å². The summed E-state index contributed by atoms with van der Waals surface area (Å²) in [5.41, 5.74) is 6.04. The molecule has 0 N–H and O–H groups in total. The van der Waals surface area contributed by atoms with Crippen LogP contribution in [-0.2, 0) is 6.37 Å². The first kappa shape index (κ1) is 14.8. The van der Waals surface area contributed by atoms with Gasteiger partial charge >= 0.3 is 0 Å². The molecular formula is C31H23NO. The lowest BCUT2D eigenvalue weighted by molar-refractivity contribution is 0.670. The minimum absolute atomic E-state index is 0.307. The van der Waals surface area contributed by atoms with E-state index in [2.05, 4.69) is 4.98 Å². The topological polar surface area (TPSA) is 26.0 Å². The van der Waals surface area contributed by atoms with Gasteiger partial charge in [-0.3, -0.25) is 4.98 Å². The van der Waals surface area contributed by atoms with Gasteiger partial charge in [-0.15, -0.1) is 0 Å². The number of rotatable bonds is 4. The van der Waals surface area contributed by atoms with Gasteiger partial charge in [0.25, 0.3) is 0 Å². The fourth-order valence-electron chi connectivity index (χ4n) is 4.19. The number of hydrogen-bond donors (Lipinski definition) is 0. The molecule has 0 bridgehead atoms. The van der Waals surface area contributed by atoms with E-state index in [-0.39, 0.29) is 0 Å². The molecule has 2 nitrogen and oxygen atoms in total. The number of aryl methyl sites for hydroxylation is 1. The molecule has 0 amide bonds. The Labute approximate surface area is 200 Å². The lowest BCUT2D eigenvalue weighted by Crippen LogP contribution is -1.91. The largest absolute Gasteiger partial charge is 0.455 e. The van der Waals surface area contributed by atoms with Gasteiger partial charge in [-0.2, -0.15) is 0 Å². The molecule has 33 heavy (non-hydrogen) atoms. The van der Waals surface area contributed by atoms with Crippen LogP contribution in [0.25, 0.3) is 44.3 Å². The summed E-state index contributed by atoms with van der Waals surface area (Å²) in [6.45, 7) is -2.14. The van der Waals surface area contributed by atoms with Crippen molar-refractivity contribution in [2.24, 2.45) is 0 Å². The summed E-state index contributed by atoms with van der Waals surface area (Å²) in [6, 6.07) is 31.4. The van der Waals surface area contributed by atoms with Crippen LogP contribution in [0.15, 0.2) is 114 Å². The Kier molecular flexibility index (Phi) is 3.62. The highest BCUT2D eigenvalue weighted by Gasteiger charge is 2.14. The van der Waals surface area contributed by atoms with Crippen molar-refractivity contribution in [2.75, 3.05) is 0 Å². The number of aromatic nitrogens is 1. The molecule has 2 heteroatoms. The van der Waals surface area contributed by atoms with E-state index in [1.165, 1.54) is 0 Å². The van der Waals surface area contributed by atoms with Gasteiger partial charge in [0.1, 0.15) is 11.2 Å². The molecule has 0 spiro atoms. The number of nitrogens with zero attached hydrogens (tertiary/aromatic N) is 1. The molecule has 0 fully saturated rings. The van der Waals surface area contributed by atoms with E-state index in [9.17, 15) is 0 Å². The first-order valence-electron chi connectivity index (χ1n) is 13.3. The van der Waals surface area contributed by atoms with Crippen LogP contribution >= 0.6 is 0 Å². The van der Waals surface area contributed by atoms with Crippen LogP contribution in [0.4, 0.5) is 0 Å². The van der Waals surface area contributed by atoms with Gasteiger partial charge in [0, 0.05) is 29.4 Å². The molecule has 6 rings (SSSR count). The second kappa shape index (κ2) is 8.07. The zero-order valence-electron chi connectivity index (χ0n) is 22.7. The van der Waals surface area contributed by atoms with E-state index in [4.69, 9.17) is 11.3 Å². The first-order chi connectivity index (χ1) is 18.2. The monoisotopic (exact) mass is 430 g/mol. The van der Waals surface area contributed by atoms with Crippen molar-refractivity contribution in [3.8, 4) is 22.4 Å². The van der Waals surface area contributed by atoms with E-state index >= 15 is 0 Å². The zero-order chi connectivity index (χ0) is 26.5. The predicted octanol–water partition coefficient (Wildman–Crippen LogP) is 8.21. The van der Waals surface area contributed by atoms with E-state index in [0.29, 0.717) is 33.6 Å². The van der Waals surface area contributed by atoms with Crippen molar-refractivity contribution in [3.05, 3.63) is 126 Å². The number of benzene rings is 4. The van der Waals surface area contributed by atoms with Crippen LogP contribution in [0.2, 0.25) is 0 Å². The molecule has 158 valence electrons. The summed E-state index contributed by atoms with van der Waals surface area (Å²) in [6.07, 6.45) is -0.0430. The standard InChI is InChI=1S/C31H23NO/c1-21-10-12-24(13-11-21)25-14-15-26-27-8-5-9-28(31(27)33-30(26)20-25)29-19-23(16-17-32-29)18-22-6-3-2-4-7-22/h2-17,19-20H,18H2,1H3/i1D3,18D2. The van der Waals surface area contributed by atoms with Crippen LogP contribution in [0.3, 0.4) is 0 Å². The lowest BCUT2D eigenvalue weighted by atomic mass is 10.0. The SMILES string of the molecule is [2H]C([2H])([2H])c1ccc(-c2ccc3c(c2)oc2c(-c4cc(C([2H])([2H])c5ccccc5)ccn4)cccc23)cc1. The summed E-state index contributed by atoms with van der Waals surface area (Å²) in [4.78, 5) is 4.56. The molecule has 2 aromatic heterocycles. The van der Waals surface area contributed by atoms with Gasteiger partial charge in [-0.25, -0.2) is 0 Å². The summed E-state index contributed by atoms with van der Waals surface area (Å²) < 4.78 is 46.7. The fraction of sp³-hybridized carbons (Fsp3) is 0.0645. The number of hydrogen-bond acceptors (Lipinski definition) is 2. The third-order valence-corrected chi connectivity index (χ3v) is 5.82. The predicted molar refractivity (Wildman–Crippen MR) is 136 cm³/mol. The Morgan fingerprint density at radius 1 is 0.758 bits per heavy atom. The van der Waals surface area contributed by atoms with Gasteiger partial charge in [-0.1, -0.05) is 78.4 Å². The Bertz CT molecular complexity index is 1770. The highest BCUT2D eigenvalue weighted by atomic mass is 16.3. The molecule has 0 saturated carbocycles. The molecular weight excluding hydrogens is 402 g/mol. The third-order valence-electron chi connectivity index (χ3n) is 5.82. The van der Waals surface area contributed by atoms with Crippen LogP contribution in [0.1, 0.15) is 23.5 Å².